The summed E-state index contributed by atoms with van der Waals surface area (Å²) in [4.78, 5) is 24.1. The summed E-state index contributed by atoms with van der Waals surface area (Å²) in [7, 11) is 3.91. The van der Waals surface area contributed by atoms with Crippen LogP contribution in [0, 0.1) is 0 Å². The zero-order valence-corrected chi connectivity index (χ0v) is 13.1. The van der Waals surface area contributed by atoms with Gasteiger partial charge in [-0.2, -0.15) is 0 Å². The zero-order valence-electron chi connectivity index (χ0n) is 11.5. The topological polar surface area (TPSA) is 57.6 Å². The van der Waals surface area contributed by atoms with Gasteiger partial charge in [0.1, 0.15) is 6.54 Å². The molecule has 1 saturated heterocycles. The van der Waals surface area contributed by atoms with Crippen LogP contribution in [0.5, 0.6) is 0 Å². The number of hydrogen-bond acceptors (Lipinski definition) is 4. The molecule has 1 heterocycles. The van der Waals surface area contributed by atoms with Gasteiger partial charge in [0.05, 0.1) is 0 Å². The maximum atomic E-state index is 11.9. The lowest BCUT2D eigenvalue weighted by Crippen LogP contribution is -2.36. The van der Waals surface area contributed by atoms with Gasteiger partial charge in [0, 0.05) is 24.0 Å². The van der Waals surface area contributed by atoms with Crippen LogP contribution in [-0.2, 0) is 9.59 Å². The summed E-state index contributed by atoms with van der Waals surface area (Å²) in [5, 5.41) is 9.53. The fourth-order valence-corrected chi connectivity index (χ4v) is 5.12. The first kappa shape index (κ1) is 16.7. The molecule has 1 fully saturated rings. The second-order valence-electron chi connectivity index (χ2n) is 4.78. The summed E-state index contributed by atoms with van der Waals surface area (Å²) in [5.74, 6) is 0.302. The van der Waals surface area contributed by atoms with Gasteiger partial charge in [0.15, 0.2) is 0 Å². The number of carbonyl (C=O) groups is 2. The van der Waals surface area contributed by atoms with Crippen LogP contribution >= 0.6 is 21.6 Å². The molecule has 1 N–H and O–H groups in total. The van der Waals surface area contributed by atoms with E-state index in [9.17, 15) is 9.59 Å². The molecule has 1 unspecified atom stereocenters. The average molecular weight is 305 g/mol. The molecule has 0 saturated carbocycles. The molecule has 0 spiro atoms. The van der Waals surface area contributed by atoms with E-state index >= 15 is 0 Å². The van der Waals surface area contributed by atoms with Gasteiger partial charge in [-0.25, -0.2) is 0 Å². The Morgan fingerprint density at radius 2 is 2.16 bits per heavy atom. The fourth-order valence-electron chi connectivity index (χ4n) is 2.10. The highest BCUT2D eigenvalue weighted by Crippen LogP contribution is 2.39. The largest absolute Gasteiger partial charge is 0.480 e. The molecule has 0 aliphatic carbocycles. The SMILES string of the molecule is CCCN(CC(=O)O)C(=O)CCCCC1CCSS1. The monoisotopic (exact) mass is 305 g/mol. The highest BCUT2D eigenvalue weighted by molar-refractivity contribution is 8.77. The molecule has 1 aliphatic heterocycles. The molecule has 1 amide bonds. The first-order chi connectivity index (χ1) is 9.13. The van der Waals surface area contributed by atoms with Crippen LogP contribution in [0.15, 0.2) is 0 Å². The van der Waals surface area contributed by atoms with Crippen molar-refractivity contribution < 1.29 is 14.7 Å². The molecule has 110 valence electrons. The summed E-state index contributed by atoms with van der Waals surface area (Å²) >= 11 is 0. The lowest BCUT2D eigenvalue weighted by Gasteiger charge is -2.20. The molecule has 4 nitrogen and oxygen atoms in total. The molecule has 1 atom stereocenters. The minimum absolute atomic E-state index is 0.0160. The summed E-state index contributed by atoms with van der Waals surface area (Å²) in [6.07, 6.45) is 5.69. The highest BCUT2D eigenvalue weighted by Gasteiger charge is 2.17. The lowest BCUT2D eigenvalue weighted by molar-refractivity contribution is -0.144. The third-order valence-electron chi connectivity index (χ3n) is 3.07. The van der Waals surface area contributed by atoms with Gasteiger partial charge in [-0.3, -0.25) is 9.59 Å². The van der Waals surface area contributed by atoms with Gasteiger partial charge in [-0.1, -0.05) is 34.9 Å². The van der Waals surface area contributed by atoms with Crippen molar-refractivity contribution in [2.45, 2.75) is 50.7 Å². The number of carboxylic acid groups (broad SMARTS) is 1. The Morgan fingerprint density at radius 3 is 2.74 bits per heavy atom. The van der Waals surface area contributed by atoms with Crippen molar-refractivity contribution in [2.75, 3.05) is 18.8 Å². The summed E-state index contributed by atoms with van der Waals surface area (Å²) < 4.78 is 0. The Labute approximate surface area is 123 Å². The van der Waals surface area contributed by atoms with E-state index in [1.54, 1.807) is 0 Å². The molecule has 0 radical (unpaired) electrons. The van der Waals surface area contributed by atoms with Crippen LogP contribution in [-0.4, -0.2) is 46.0 Å². The fraction of sp³-hybridized carbons (Fsp3) is 0.846. The summed E-state index contributed by atoms with van der Waals surface area (Å²) in [6.45, 7) is 2.33. The van der Waals surface area contributed by atoms with Gasteiger partial charge < -0.3 is 10.0 Å². The van der Waals surface area contributed by atoms with Crippen LogP contribution in [0.1, 0.15) is 45.4 Å². The average Bonchev–Trinajstić information content (AvgIpc) is 2.86. The first-order valence-electron chi connectivity index (χ1n) is 6.91. The van der Waals surface area contributed by atoms with E-state index in [4.69, 9.17) is 5.11 Å². The number of carbonyl (C=O) groups excluding carboxylic acids is 1. The Bertz CT molecular complexity index is 294. The van der Waals surface area contributed by atoms with E-state index in [0.29, 0.717) is 13.0 Å². The summed E-state index contributed by atoms with van der Waals surface area (Å²) in [5.41, 5.74) is 0. The standard InChI is InChI=1S/C13H23NO3S2/c1-2-8-14(10-13(16)17)12(15)6-4-3-5-11-7-9-18-19-11/h11H,2-10H2,1H3,(H,16,17). The highest BCUT2D eigenvalue weighted by atomic mass is 33.1. The Balaban J connectivity index is 2.17. The molecule has 0 aromatic heterocycles. The van der Waals surface area contributed by atoms with Crippen LogP contribution in [0.25, 0.3) is 0 Å². The summed E-state index contributed by atoms with van der Waals surface area (Å²) in [6, 6.07) is 0. The van der Waals surface area contributed by atoms with Crippen molar-refractivity contribution in [3.05, 3.63) is 0 Å². The molecular formula is C13H23NO3S2. The Kier molecular flexibility index (Phi) is 8.37. The van der Waals surface area contributed by atoms with E-state index in [1.165, 1.54) is 23.5 Å². The smallest absolute Gasteiger partial charge is 0.323 e. The Hall–Kier alpha value is -0.360. The molecule has 0 aromatic rings. The van der Waals surface area contributed by atoms with Crippen molar-refractivity contribution in [1.29, 1.82) is 0 Å². The second kappa shape index (κ2) is 9.53. The number of unbranched alkanes of at least 4 members (excludes halogenated alkanes) is 1. The van der Waals surface area contributed by atoms with Crippen molar-refractivity contribution >= 4 is 33.5 Å². The minimum atomic E-state index is -0.929. The molecule has 0 bridgehead atoms. The van der Waals surface area contributed by atoms with Crippen molar-refractivity contribution in [1.82, 2.24) is 4.90 Å². The number of carboxylic acids is 1. The molecule has 1 rings (SSSR count). The lowest BCUT2D eigenvalue weighted by atomic mass is 10.1. The van der Waals surface area contributed by atoms with Gasteiger partial charge in [-0.15, -0.1) is 0 Å². The third-order valence-corrected chi connectivity index (χ3v) is 6.07. The molecule has 0 aromatic carbocycles. The second-order valence-corrected chi connectivity index (χ2v) is 7.57. The molecular weight excluding hydrogens is 282 g/mol. The predicted molar refractivity (Wildman–Crippen MR) is 81.4 cm³/mol. The maximum absolute atomic E-state index is 11.9. The van der Waals surface area contributed by atoms with Crippen molar-refractivity contribution in [3.8, 4) is 0 Å². The van der Waals surface area contributed by atoms with Crippen molar-refractivity contribution in [2.24, 2.45) is 0 Å². The zero-order chi connectivity index (χ0) is 14.1. The quantitative estimate of drug-likeness (QED) is 0.524. The van der Waals surface area contributed by atoms with E-state index in [0.717, 1.165) is 24.5 Å². The van der Waals surface area contributed by atoms with Crippen LogP contribution in [0.3, 0.4) is 0 Å². The van der Waals surface area contributed by atoms with Crippen LogP contribution < -0.4 is 0 Å². The normalized spacial score (nSPS) is 18.5. The number of rotatable bonds is 9. The number of hydrogen-bond donors (Lipinski definition) is 1. The predicted octanol–water partition coefficient (Wildman–Crippen LogP) is 3.02. The van der Waals surface area contributed by atoms with E-state index in [2.05, 4.69) is 0 Å². The Morgan fingerprint density at radius 1 is 1.37 bits per heavy atom. The number of nitrogens with zero attached hydrogens (tertiary/aromatic N) is 1. The van der Waals surface area contributed by atoms with Gasteiger partial charge in [-0.05, 0) is 25.7 Å². The maximum Gasteiger partial charge on any atom is 0.323 e. The van der Waals surface area contributed by atoms with Crippen LogP contribution in [0.2, 0.25) is 0 Å². The number of amides is 1. The third kappa shape index (κ3) is 7.11. The van der Waals surface area contributed by atoms with E-state index in [-0.39, 0.29) is 12.5 Å². The molecule has 6 heteroatoms. The minimum Gasteiger partial charge on any atom is -0.480 e. The number of aliphatic carboxylic acids is 1. The van der Waals surface area contributed by atoms with E-state index in [1.807, 2.05) is 28.5 Å². The van der Waals surface area contributed by atoms with E-state index < -0.39 is 5.97 Å². The van der Waals surface area contributed by atoms with Gasteiger partial charge in [0.2, 0.25) is 5.91 Å². The van der Waals surface area contributed by atoms with Crippen LogP contribution in [0.4, 0.5) is 0 Å². The van der Waals surface area contributed by atoms with Crippen molar-refractivity contribution in [3.63, 3.8) is 0 Å². The van der Waals surface area contributed by atoms with Gasteiger partial charge in [0.25, 0.3) is 0 Å². The molecule has 1 aliphatic rings. The molecule has 19 heavy (non-hydrogen) atoms. The van der Waals surface area contributed by atoms with Gasteiger partial charge >= 0.3 is 5.97 Å². The first-order valence-corrected chi connectivity index (χ1v) is 9.29.